The van der Waals surface area contributed by atoms with E-state index in [-0.39, 0.29) is 10.2 Å². The fourth-order valence-corrected chi connectivity index (χ4v) is 0.399. The van der Waals surface area contributed by atoms with E-state index in [9.17, 15) is 4.79 Å². The molecule has 0 amide bonds. The highest BCUT2D eigenvalue weighted by molar-refractivity contribution is 9.12. The van der Waals surface area contributed by atoms with E-state index in [2.05, 4.69) is 20.7 Å². The Morgan fingerprint density at radius 3 is 2.22 bits per heavy atom. The largest absolute Gasteiger partial charge is 0.511 e. The molecule has 0 unspecified atom stereocenters. The lowest BCUT2D eigenvalue weighted by molar-refractivity contribution is -0.135. The van der Waals surface area contributed by atoms with Crippen LogP contribution in [0, 0.1) is 0 Å². The number of carbonyl (C=O) groups excluding carboxylic acids is 1. The zero-order valence-electron chi connectivity index (χ0n) is 5.14. The number of carbonyl (C=O) groups is 1. The molecule has 0 aromatic rings. The molecular formula is C5H7BrO3. The maximum absolute atomic E-state index is 10.5. The monoisotopic (exact) mass is 194 g/mol. The number of halogens is 1. The van der Waals surface area contributed by atoms with Crippen LogP contribution in [0.2, 0.25) is 0 Å². The van der Waals surface area contributed by atoms with Crippen molar-refractivity contribution >= 4 is 21.9 Å². The average molecular weight is 195 g/mol. The molecule has 0 aromatic carbocycles. The molecule has 0 saturated carbocycles. The molecule has 0 aliphatic heterocycles. The summed E-state index contributed by atoms with van der Waals surface area (Å²) in [6.45, 7) is 1.39. The molecule has 0 atom stereocenters. The van der Waals surface area contributed by atoms with Gasteiger partial charge in [0.15, 0.2) is 0 Å². The second-order valence-electron chi connectivity index (χ2n) is 1.39. The molecule has 0 aliphatic rings. The Kier molecular flexibility index (Phi) is 3.30. The van der Waals surface area contributed by atoms with Crippen molar-refractivity contribution in [2.24, 2.45) is 0 Å². The maximum Gasteiger partial charge on any atom is 0.348 e. The molecule has 0 aliphatic carbocycles. The highest BCUT2D eigenvalue weighted by atomic mass is 79.9. The van der Waals surface area contributed by atoms with Crippen LogP contribution in [0.4, 0.5) is 0 Å². The number of hydrogen-bond donors (Lipinski definition) is 1. The molecule has 0 saturated heterocycles. The lowest BCUT2D eigenvalue weighted by Crippen LogP contribution is -2.00. The predicted octanol–water partition coefficient (Wildman–Crippen LogP) is 1.34. The van der Waals surface area contributed by atoms with Gasteiger partial charge in [0.05, 0.1) is 7.11 Å². The minimum Gasteiger partial charge on any atom is -0.511 e. The first-order valence-corrected chi connectivity index (χ1v) is 3.02. The predicted molar refractivity (Wildman–Crippen MR) is 36.3 cm³/mol. The third-order valence-electron chi connectivity index (χ3n) is 0.682. The summed E-state index contributed by atoms with van der Waals surface area (Å²) < 4.78 is 4.33. The van der Waals surface area contributed by atoms with Crippen molar-refractivity contribution in [2.75, 3.05) is 7.11 Å². The van der Waals surface area contributed by atoms with Gasteiger partial charge in [-0.25, -0.2) is 4.79 Å². The molecule has 0 heterocycles. The Bertz CT molecular complexity index is 146. The Morgan fingerprint density at radius 2 is 2.11 bits per heavy atom. The lowest BCUT2D eigenvalue weighted by Gasteiger charge is -1.95. The van der Waals surface area contributed by atoms with Gasteiger partial charge in [-0.3, -0.25) is 0 Å². The molecule has 52 valence electrons. The molecule has 0 aromatic heterocycles. The van der Waals surface area contributed by atoms with Gasteiger partial charge < -0.3 is 9.84 Å². The van der Waals surface area contributed by atoms with Gasteiger partial charge in [-0.05, 0) is 22.9 Å². The van der Waals surface area contributed by atoms with Crippen molar-refractivity contribution < 1.29 is 14.6 Å². The summed E-state index contributed by atoms with van der Waals surface area (Å²) >= 11 is 2.82. The van der Waals surface area contributed by atoms with Gasteiger partial charge in [-0.1, -0.05) is 0 Å². The van der Waals surface area contributed by atoms with Crippen molar-refractivity contribution in [1.82, 2.24) is 0 Å². The maximum atomic E-state index is 10.5. The zero-order valence-corrected chi connectivity index (χ0v) is 6.73. The Hall–Kier alpha value is -0.510. The summed E-state index contributed by atoms with van der Waals surface area (Å²) in [6.07, 6.45) is 0. The summed E-state index contributed by atoms with van der Waals surface area (Å²) in [7, 11) is 1.24. The second kappa shape index (κ2) is 3.50. The van der Waals surface area contributed by atoms with E-state index in [4.69, 9.17) is 5.11 Å². The minimum atomic E-state index is -0.574. The summed E-state index contributed by atoms with van der Waals surface area (Å²) in [5.41, 5.74) is 0. The highest BCUT2D eigenvalue weighted by Crippen LogP contribution is 2.10. The second-order valence-corrected chi connectivity index (χ2v) is 2.18. The molecule has 0 fully saturated rings. The van der Waals surface area contributed by atoms with Crippen LogP contribution in [-0.4, -0.2) is 18.2 Å². The smallest absolute Gasteiger partial charge is 0.348 e. The summed E-state index contributed by atoms with van der Waals surface area (Å²) in [5, 5.41) is 8.65. The van der Waals surface area contributed by atoms with Gasteiger partial charge in [0.25, 0.3) is 0 Å². The van der Waals surface area contributed by atoms with Gasteiger partial charge in [0, 0.05) is 0 Å². The summed E-state index contributed by atoms with van der Waals surface area (Å²) in [5.74, 6) is -0.656. The average Bonchev–Trinajstić information content (AvgIpc) is 1.84. The number of aliphatic hydroxyl groups is 1. The minimum absolute atomic E-state index is 0.0602. The topological polar surface area (TPSA) is 46.5 Å². The van der Waals surface area contributed by atoms with Gasteiger partial charge >= 0.3 is 5.97 Å². The van der Waals surface area contributed by atoms with Crippen LogP contribution in [0.15, 0.2) is 10.2 Å². The molecule has 0 radical (unpaired) electrons. The van der Waals surface area contributed by atoms with Crippen molar-refractivity contribution in [3.05, 3.63) is 10.2 Å². The number of esters is 1. The van der Waals surface area contributed by atoms with Gasteiger partial charge in [-0.15, -0.1) is 0 Å². The first-order valence-electron chi connectivity index (χ1n) is 2.23. The number of allylic oxidation sites excluding steroid dienone is 1. The quantitative estimate of drug-likeness (QED) is 0.390. The first kappa shape index (κ1) is 8.49. The first-order chi connectivity index (χ1) is 4.09. The van der Waals surface area contributed by atoms with E-state index in [1.165, 1.54) is 14.0 Å². The normalized spacial score (nSPS) is 12.3. The van der Waals surface area contributed by atoms with E-state index >= 15 is 0 Å². The van der Waals surface area contributed by atoms with Crippen molar-refractivity contribution in [2.45, 2.75) is 6.92 Å². The third kappa shape index (κ3) is 2.51. The fourth-order valence-electron chi connectivity index (χ4n) is 0.237. The molecule has 0 spiro atoms. The molecule has 1 N–H and O–H groups in total. The number of aliphatic hydroxyl groups excluding tert-OH is 1. The van der Waals surface area contributed by atoms with Crippen LogP contribution >= 0.6 is 15.9 Å². The third-order valence-corrected chi connectivity index (χ3v) is 1.58. The zero-order chi connectivity index (χ0) is 7.44. The summed E-state index contributed by atoms with van der Waals surface area (Å²) in [4.78, 5) is 10.5. The highest BCUT2D eigenvalue weighted by Gasteiger charge is 2.07. The molecule has 9 heavy (non-hydrogen) atoms. The van der Waals surface area contributed by atoms with Crippen LogP contribution in [0.1, 0.15) is 6.92 Å². The lowest BCUT2D eigenvalue weighted by atomic mass is 10.5. The van der Waals surface area contributed by atoms with E-state index < -0.39 is 5.97 Å². The van der Waals surface area contributed by atoms with Gasteiger partial charge in [-0.2, -0.15) is 0 Å². The van der Waals surface area contributed by atoms with Gasteiger partial charge in [0.1, 0.15) is 10.2 Å². The molecular weight excluding hydrogens is 188 g/mol. The van der Waals surface area contributed by atoms with Crippen molar-refractivity contribution in [3.8, 4) is 0 Å². The van der Waals surface area contributed by atoms with Crippen LogP contribution in [-0.2, 0) is 9.53 Å². The number of hydrogen-bond acceptors (Lipinski definition) is 3. The molecule has 3 nitrogen and oxygen atoms in total. The molecule has 0 rings (SSSR count). The van der Waals surface area contributed by atoms with Gasteiger partial charge in [0.2, 0.25) is 0 Å². The Balaban J connectivity index is 4.21. The number of methoxy groups -OCH3 is 1. The Morgan fingerprint density at radius 1 is 1.67 bits per heavy atom. The van der Waals surface area contributed by atoms with Crippen molar-refractivity contribution in [1.29, 1.82) is 0 Å². The van der Waals surface area contributed by atoms with Crippen LogP contribution in [0.5, 0.6) is 0 Å². The standard InChI is InChI=1S/C5H7BrO3/c1-3(7)4(6)5(8)9-2/h7H,1-2H3. The fraction of sp³-hybridized carbons (Fsp3) is 0.400. The van der Waals surface area contributed by atoms with Crippen molar-refractivity contribution in [3.63, 3.8) is 0 Å². The molecule has 4 heteroatoms. The Labute approximate surface area is 61.4 Å². The van der Waals surface area contributed by atoms with Crippen LogP contribution in [0.3, 0.4) is 0 Å². The van der Waals surface area contributed by atoms with Crippen LogP contribution < -0.4 is 0 Å². The SMILES string of the molecule is COC(=O)C(Br)=C(C)O. The van der Waals surface area contributed by atoms with Crippen LogP contribution in [0.25, 0.3) is 0 Å². The summed E-state index contributed by atoms with van der Waals surface area (Å²) in [6, 6.07) is 0. The van der Waals surface area contributed by atoms with E-state index in [0.29, 0.717) is 0 Å². The molecule has 0 bridgehead atoms. The number of ether oxygens (including phenoxy) is 1. The van der Waals surface area contributed by atoms with E-state index in [1.54, 1.807) is 0 Å². The van der Waals surface area contributed by atoms with E-state index in [0.717, 1.165) is 0 Å². The van der Waals surface area contributed by atoms with E-state index in [1.807, 2.05) is 0 Å². The number of rotatable bonds is 1.